The van der Waals surface area contributed by atoms with Gasteiger partial charge in [0.1, 0.15) is 5.94 Å². The second-order valence-corrected chi connectivity index (χ2v) is 2.24. The highest BCUT2D eigenvalue weighted by Crippen LogP contribution is 2.22. The van der Waals surface area contributed by atoms with Crippen molar-refractivity contribution < 1.29 is 14.8 Å². The maximum absolute atomic E-state index is 10.2. The van der Waals surface area contributed by atoms with Gasteiger partial charge in [0, 0.05) is 11.4 Å². The zero-order chi connectivity index (χ0) is 8.27. The first kappa shape index (κ1) is 11.2. The van der Waals surface area contributed by atoms with Gasteiger partial charge >= 0.3 is 7.12 Å². The molecule has 0 saturated carbocycles. The summed E-state index contributed by atoms with van der Waals surface area (Å²) in [5.74, 6) is 1.02. The van der Waals surface area contributed by atoms with Crippen molar-refractivity contribution in [2.45, 2.75) is 5.82 Å². The lowest BCUT2D eigenvalue weighted by Gasteiger charge is -2.11. The first-order valence-corrected chi connectivity index (χ1v) is 3.21. The summed E-state index contributed by atoms with van der Waals surface area (Å²) in [7, 11) is -1.52. The van der Waals surface area contributed by atoms with Gasteiger partial charge in [-0.15, -0.1) is 12.4 Å². The van der Waals surface area contributed by atoms with Crippen molar-refractivity contribution in [3.8, 4) is 0 Å². The van der Waals surface area contributed by atoms with Crippen LogP contribution in [0.15, 0.2) is 29.9 Å². The van der Waals surface area contributed by atoms with Crippen molar-refractivity contribution in [2.24, 2.45) is 0 Å². The first-order valence-electron chi connectivity index (χ1n) is 3.21. The lowest BCUT2D eigenvalue weighted by atomic mass is 9.67. The van der Waals surface area contributed by atoms with E-state index < -0.39 is 12.9 Å². The number of rotatable bonds is 1. The van der Waals surface area contributed by atoms with E-state index in [4.69, 9.17) is 10.0 Å². The molecule has 1 unspecified atom stereocenters. The molecule has 0 aromatic heterocycles. The van der Waals surface area contributed by atoms with Gasteiger partial charge in [0.25, 0.3) is 0 Å². The predicted octanol–water partition coefficient (Wildman–Crippen LogP) is 0.135. The number of halogens is 1. The van der Waals surface area contributed by atoms with Gasteiger partial charge in [-0.2, -0.15) is 0 Å². The molecule has 3 nitrogen and oxygen atoms in total. The summed E-state index contributed by atoms with van der Waals surface area (Å²) < 4.78 is 0. The molecular formula is C7H8BClO3. The number of hydrogen-bond donors (Lipinski definition) is 2. The van der Waals surface area contributed by atoms with Crippen LogP contribution in [0, 0.1) is 0 Å². The molecule has 64 valence electrons. The Kier molecular flexibility index (Phi) is 4.63. The standard InChI is InChI=1S/C7H7BO3.ClH/c9-5-6-3-1-2-4-7(6)8(10)11;/h1-4,7,10-11H;1H. The Morgan fingerprint density at radius 3 is 2.50 bits per heavy atom. The topological polar surface area (TPSA) is 57.5 Å². The van der Waals surface area contributed by atoms with E-state index in [9.17, 15) is 4.79 Å². The van der Waals surface area contributed by atoms with E-state index >= 15 is 0 Å². The van der Waals surface area contributed by atoms with Crippen molar-refractivity contribution in [3.05, 3.63) is 29.9 Å². The Labute approximate surface area is 76.6 Å². The highest BCUT2D eigenvalue weighted by atomic mass is 35.5. The fraction of sp³-hybridized carbons (Fsp3) is 0.143. The average molecular weight is 186 g/mol. The smallest absolute Gasteiger partial charge is 0.426 e. The molecule has 0 bridgehead atoms. The van der Waals surface area contributed by atoms with Crippen LogP contribution in [0.1, 0.15) is 0 Å². The maximum Gasteiger partial charge on any atom is 0.464 e. The molecule has 12 heavy (non-hydrogen) atoms. The summed E-state index contributed by atoms with van der Waals surface area (Å²) in [5, 5.41) is 17.5. The molecule has 0 aromatic carbocycles. The van der Waals surface area contributed by atoms with Crippen molar-refractivity contribution >= 4 is 25.5 Å². The van der Waals surface area contributed by atoms with E-state index in [1.54, 1.807) is 24.2 Å². The summed E-state index contributed by atoms with van der Waals surface area (Å²) in [6.45, 7) is 0. The van der Waals surface area contributed by atoms with Crippen LogP contribution in [0.25, 0.3) is 0 Å². The van der Waals surface area contributed by atoms with E-state index in [2.05, 4.69) is 0 Å². The Balaban J connectivity index is 0.00000121. The zero-order valence-electron chi connectivity index (χ0n) is 6.18. The van der Waals surface area contributed by atoms with Crippen LogP contribution >= 0.6 is 12.4 Å². The molecule has 1 aliphatic carbocycles. The minimum atomic E-state index is -1.52. The molecule has 1 aliphatic rings. The molecule has 0 aromatic rings. The zero-order valence-corrected chi connectivity index (χ0v) is 6.99. The summed E-state index contributed by atoms with van der Waals surface area (Å²) in [6, 6.07) is 0. The van der Waals surface area contributed by atoms with Gasteiger partial charge in [-0.25, -0.2) is 4.79 Å². The largest absolute Gasteiger partial charge is 0.464 e. The molecule has 0 fully saturated rings. The van der Waals surface area contributed by atoms with Gasteiger partial charge in [0.15, 0.2) is 0 Å². The van der Waals surface area contributed by atoms with Gasteiger partial charge in [0.2, 0.25) is 0 Å². The fourth-order valence-electron chi connectivity index (χ4n) is 0.920. The number of hydrogen-bond acceptors (Lipinski definition) is 3. The van der Waals surface area contributed by atoms with Gasteiger partial charge in [-0.05, 0) is 6.08 Å². The Morgan fingerprint density at radius 2 is 2.08 bits per heavy atom. The Bertz CT molecular complexity index is 253. The van der Waals surface area contributed by atoms with Crippen molar-refractivity contribution in [1.82, 2.24) is 0 Å². The van der Waals surface area contributed by atoms with Gasteiger partial charge in [-0.3, -0.25) is 0 Å². The molecule has 0 aliphatic heterocycles. The van der Waals surface area contributed by atoms with E-state index in [1.807, 2.05) is 0 Å². The lowest BCUT2D eigenvalue weighted by Crippen LogP contribution is -2.20. The third-order valence-electron chi connectivity index (χ3n) is 1.50. The lowest BCUT2D eigenvalue weighted by molar-refractivity contribution is 0.401. The fourth-order valence-corrected chi connectivity index (χ4v) is 0.920. The molecule has 1 atom stereocenters. The second kappa shape index (κ2) is 4.96. The third-order valence-corrected chi connectivity index (χ3v) is 1.50. The van der Waals surface area contributed by atoms with Crippen LogP contribution in [0.3, 0.4) is 0 Å². The quantitative estimate of drug-likeness (QED) is 0.452. The second-order valence-electron chi connectivity index (χ2n) is 2.24. The highest BCUT2D eigenvalue weighted by molar-refractivity contribution is 6.45. The first-order chi connectivity index (χ1) is 5.25. The van der Waals surface area contributed by atoms with E-state index in [1.165, 1.54) is 6.08 Å². The van der Waals surface area contributed by atoms with Gasteiger partial charge in [0.05, 0.1) is 0 Å². The molecule has 0 heterocycles. The molecule has 0 spiro atoms. The molecule has 5 heteroatoms. The molecule has 0 amide bonds. The van der Waals surface area contributed by atoms with Crippen molar-refractivity contribution in [2.75, 3.05) is 0 Å². The van der Waals surface area contributed by atoms with Crippen LogP contribution in [0.5, 0.6) is 0 Å². The maximum atomic E-state index is 10.2. The molecule has 0 saturated heterocycles. The number of carbonyl (C=O) groups excluding carboxylic acids is 1. The SMILES string of the molecule is Cl.O=C=C1C=CC=CC1B(O)O. The van der Waals surface area contributed by atoms with Crippen LogP contribution < -0.4 is 0 Å². The monoisotopic (exact) mass is 186 g/mol. The minimum absolute atomic E-state index is 0. The van der Waals surface area contributed by atoms with Crippen molar-refractivity contribution in [1.29, 1.82) is 0 Å². The summed E-state index contributed by atoms with van der Waals surface area (Å²) >= 11 is 0. The molecule has 1 rings (SSSR count). The van der Waals surface area contributed by atoms with Crippen LogP contribution in [-0.4, -0.2) is 23.1 Å². The molecular weight excluding hydrogens is 178 g/mol. The highest BCUT2D eigenvalue weighted by Gasteiger charge is 2.25. The predicted molar refractivity (Wildman–Crippen MR) is 48.7 cm³/mol. The van der Waals surface area contributed by atoms with Crippen LogP contribution in [0.4, 0.5) is 0 Å². The third kappa shape index (κ3) is 2.36. The number of allylic oxidation sites excluding steroid dienone is 5. The van der Waals surface area contributed by atoms with Crippen LogP contribution in [0.2, 0.25) is 5.82 Å². The molecule has 2 N–H and O–H groups in total. The summed E-state index contributed by atoms with van der Waals surface area (Å²) in [4.78, 5) is 10.2. The Morgan fingerprint density at radius 1 is 1.42 bits per heavy atom. The van der Waals surface area contributed by atoms with Crippen molar-refractivity contribution in [3.63, 3.8) is 0 Å². The summed E-state index contributed by atoms with van der Waals surface area (Å²) in [6.07, 6.45) is 6.37. The summed E-state index contributed by atoms with van der Waals surface area (Å²) in [5.41, 5.74) is 0.266. The van der Waals surface area contributed by atoms with E-state index in [0.29, 0.717) is 0 Å². The van der Waals surface area contributed by atoms with Gasteiger partial charge in [-0.1, -0.05) is 18.2 Å². The normalized spacial score (nSPS) is 19.8. The van der Waals surface area contributed by atoms with E-state index in [-0.39, 0.29) is 18.0 Å². The molecule has 0 radical (unpaired) electrons. The van der Waals surface area contributed by atoms with Gasteiger partial charge < -0.3 is 10.0 Å². The van der Waals surface area contributed by atoms with E-state index in [0.717, 1.165) is 0 Å². The average Bonchev–Trinajstić information content (AvgIpc) is 2.04. The minimum Gasteiger partial charge on any atom is -0.426 e. The Hall–Kier alpha value is -0.795. The van der Waals surface area contributed by atoms with Crippen LogP contribution in [-0.2, 0) is 4.79 Å².